The number of cyclic esters (lactones) is 1. The molecule has 3 heterocycles. The lowest BCUT2D eigenvalue weighted by Crippen LogP contribution is -2.63. The van der Waals surface area contributed by atoms with E-state index in [1.54, 1.807) is 24.3 Å². The first-order valence-electron chi connectivity index (χ1n) is 15.5. The van der Waals surface area contributed by atoms with Crippen LogP contribution in [0.4, 0.5) is 10.1 Å². The van der Waals surface area contributed by atoms with Crippen molar-refractivity contribution in [2.24, 2.45) is 0 Å². The summed E-state index contributed by atoms with van der Waals surface area (Å²) in [6.45, 7) is 0. The third-order valence-electron chi connectivity index (χ3n) is 10.7. The second kappa shape index (κ2) is 10.7. The smallest absolute Gasteiger partial charge is 0.324 e. The minimum absolute atomic E-state index is 0.0560. The average molecular weight is 642 g/mol. The SMILES string of the molecule is O=C1O[C@@H](c2ccccc2)[C@@H](c2ccccc2)N2[C@@H]1[C@H](c1cccc(Cl)c1F)[C@@]1(C(=O)Nc3cc(Cl)ccc31)C21CCCCC1. The second-order valence-corrected chi connectivity index (χ2v) is 13.5. The summed E-state index contributed by atoms with van der Waals surface area (Å²) in [5, 5.41) is 3.57. The number of hydrogen-bond acceptors (Lipinski definition) is 4. The molecule has 228 valence electrons. The van der Waals surface area contributed by atoms with Gasteiger partial charge in [-0.05, 0) is 53.3 Å². The number of hydrogen-bond donors (Lipinski definition) is 1. The molecule has 3 fully saturated rings. The summed E-state index contributed by atoms with van der Waals surface area (Å²) in [5.41, 5.74) is 1.19. The number of rotatable bonds is 3. The van der Waals surface area contributed by atoms with Crippen LogP contribution in [0.25, 0.3) is 0 Å². The molecule has 0 aromatic heterocycles. The van der Waals surface area contributed by atoms with E-state index in [0.717, 1.165) is 36.0 Å². The number of nitrogens with one attached hydrogen (secondary N) is 1. The Morgan fingerprint density at radius 3 is 2.20 bits per heavy atom. The molecule has 1 N–H and O–H groups in total. The van der Waals surface area contributed by atoms with Crippen LogP contribution in [0.5, 0.6) is 0 Å². The van der Waals surface area contributed by atoms with Crippen molar-refractivity contribution in [3.63, 3.8) is 0 Å². The Bertz CT molecular complexity index is 1810. The Morgan fingerprint density at radius 2 is 1.49 bits per heavy atom. The first-order chi connectivity index (χ1) is 21.9. The number of carbonyl (C=O) groups excluding carboxylic acids is 2. The van der Waals surface area contributed by atoms with Gasteiger partial charge in [0.2, 0.25) is 5.91 Å². The van der Waals surface area contributed by atoms with E-state index in [2.05, 4.69) is 22.3 Å². The summed E-state index contributed by atoms with van der Waals surface area (Å²) in [5.74, 6) is -2.28. The number of amides is 1. The van der Waals surface area contributed by atoms with E-state index < -0.39 is 46.8 Å². The predicted molar refractivity (Wildman–Crippen MR) is 172 cm³/mol. The van der Waals surface area contributed by atoms with Crippen LogP contribution in [0.1, 0.15) is 72.4 Å². The summed E-state index contributed by atoms with van der Waals surface area (Å²) >= 11 is 12.9. The molecule has 4 aromatic rings. The van der Waals surface area contributed by atoms with Gasteiger partial charge in [-0.3, -0.25) is 14.5 Å². The highest BCUT2D eigenvalue weighted by molar-refractivity contribution is 6.31. The normalized spacial score (nSPS) is 28.5. The fourth-order valence-electron chi connectivity index (χ4n) is 9.16. The zero-order valence-electron chi connectivity index (χ0n) is 24.4. The molecule has 0 unspecified atom stereocenters. The van der Waals surface area contributed by atoms with E-state index >= 15 is 4.39 Å². The maximum Gasteiger partial charge on any atom is 0.324 e. The first kappa shape index (κ1) is 28.7. The molecule has 5 nitrogen and oxygen atoms in total. The summed E-state index contributed by atoms with van der Waals surface area (Å²) in [6, 6.07) is 28.7. The van der Waals surface area contributed by atoms with Crippen LogP contribution in [0.15, 0.2) is 97.1 Å². The Morgan fingerprint density at radius 1 is 0.800 bits per heavy atom. The third-order valence-corrected chi connectivity index (χ3v) is 11.2. The van der Waals surface area contributed by atoms with Crippen molar-refractivity contribution < 1.29 is 18.7 Å². The number of fused-ring (bicyclic) bond motifs is 5. The van der Waals surface area contributed by atoms with Gasteiger partial charge in [0.05, 0.1) is 11.1 Å². The minimum atomic E-state index is -1.33. The van der Waals surface area contributed by atoms with Crippen molar-refractivity contribution in [3.05, 3.63) is 135 Å². The van der Waals surface area contributed by atoms with Crippen LogP contribution in [0.3, 0.4) is 0 Å². The molecule has 1 aliphatic carbocycles. The topological polar surface area (TPSA) is 58.6 Å². The quantitative estimate of drug-likeness (QED) is 0.228. The van der Waals surface area contributed by atoms with Crippen molar-refractivity contribution in [1.29, 1.82) is 0 Å². The summed E-state index contributed by atoms with van der Waals surface area (Å²) in [4.78, 5) is 31.9. The number of anilines is 1. The highest BCUT2D eigenvalue weighted by Crippen LogP contribution is 2.70. The van der Waals surface area contributed by atoms with Crippen molar-refractivity contribution in [2.45, 2.75) is 67.2 Å². The van der Waals surface area contributed by atoms with E-state index in [1.165, 1.54) is 6.07 Å². The maximum absolute atomic E-state index is 16.4. The van der Waals surface area contributed by atoms with Crippen LogP contribution in [0.2, 0.25) is 10.0 Å². The lowest BCUT2D eigenvalue weighted by atomic mass is 9.55. The van der Waals surface area contributed by atoms with Crippen molar-refractivity contribution in [1.82, 2.24) is 4.90 Å². The van der Waals surface area contributed by atoms with Gasteiger partial charge in [-0.1, -0.05) is 121 Å². The molecule has 8 heteroatoms. The molecule has 5 atom stereocenters. The van der Waals surface area contributed by atoms with Crippen molar-refractivity contribution >= 4 is 40.8 Å². The summed E-state index contributed by atoms with van der Waals surface area (Å²) in [6.07, 6.45) is 3.37. The second-order valence-electron chi connectivity index (χ2n) is 12.6. The van der Waals surface area contributed by atoms with E-state index in [-0.39, 0.29) is 16.5 Å². The number of morpholine rings is 1. The minimum Gasteiger partial charge on any atom is -0.454 e. The van der Waals surface area contributed by atoms with Crippen LogP contribution in [-0.2, 0) is 19.7 Å². The highest BCUT2D eigenvalue weighted by Gasteiger charge is 2.78. The van der Waals surface area contributed by atoms with Crippen LogP contribution < -0.4 is 5.32 Å². The zero-order valence-corrected chi connectivity index (χ0v) is 25.9. The average Bonchev–Trinajstić information content (AvgIpc) is 3.49. The fourth-order valence-corrected chi connectivity index (χ4v) is 9.51. The number of carbonyl (C=O) groups is 2. The molecular weight excluding hydrogens is 610 g/mol. The third kappa shape index (κ3) is 3.95. The van der Waals surface area contributed by atoms with Gasteiger partial charge >= 0.3 is 5.97 Å². The van der Waals surface area contributed by atoms with Gasteiger partial charge in [-0.25, -0.2) is 4.39 Å². The molecule has 8 rings (SSSR count). The van der Waals surface area contributed by atoms with Gasteiger partial charge in [0, 0.05) is 22.2 Å². The molecule has 0 bridgehead atoms. The lowest BCUT2D eigenvalue weighted by molar-refractivity contribution is -0.183. The standard InChI is InChI=1S/C37H31Cl2FN2O3/c38-24-17-18-26-28(21-24)41-35(44)37(26)29(25-15-10-16-27(39)30(25)40)32-34(43)45-33(23-13-6-2-7-14-23)31(22-11-4-1-5-12-22)42(32)36(37)19-8-3-9-20-36/h1-2,4-7,10-18,21,29,31-33H,3,8-9,19-20H2,(H,41,44)/t29-,31+,32+,33-,37-/m0/s1. The molecule has 2 spiro atoms. The monoisotopic (exact) mass is 640 g/mol. The number of nitrogens with zero attached hydrogens (tertiary/aromatic N) is 1. The van der Waals surface area contributed by atoms with Gasteiger partial charge in [-0.2, -0.15) is 0 Å². The molecule has 4 aliphatic rings. The first-order valence-corrected chi connectivity index (χ1v) is 16.3. The molecule has 3 aliphatic heterocycles. The zero-order chi connectivity index (χ0) is 30.9. The molecule has 1 saturated carbocycles. The fraction of sp³-hybridized carbons (Fsp3) is 0.297. The van der Waals surface area contributed by atoms with Crippen LogP contribution in [-0.4, -0.2) is 28.4 Å². The van der Waals surface area contributed by atoms with Gasteiger partial charge in [-0.15, -0.1) is 0 Å². The van der Waals surface area contributed by atoms with Crippen LogP contribution >= 0.6 is 23.2 Å². The maximum atomic E-state index is 16.4. The van der Waals surface area contributed by atoms with Crippen molar-refractivity contribution in [2.75, 3.05) is 5.32 Å². The number of benzene rings is 4. The summed E-state index contributed by atoms with van der Waals surface area (Å²) in [7, 11) is 0. The largest absolute Gasteiger partial charge is 0.454 e. The van der Waals surface area contributed by atoms with Gasteiger partial charge in [0.1, 0.15) is 23.4 Å². The lowest BCUT2D eigenvalue weighted by Gasteiger charge is -2.55. The van der Waals surface area contributed by atoms with E-state index in [1.807, 2.05) is 54.6 Å². The molecule has 2 saturated heterocycles. The highest BCUT2D eigenvalue weighted by atomic mass is 35.5. The molecular formula is C37H31Cl2FN2O3. The number of esters is 1. The number of halogens is 3. The molecule has 4 aromatic carbocycles. The molecule has 45 heavy (non-hydrogen) atoms. The predicted octanol–water partition coefficient (Wildman–Crippen LogP) is 8.53. The Balaban J connectivity index is 1.49. The van der Waals surface area contributed by atoms with Crippen LogP contribution in [0, 0.1) is 5.82 Å². The summed E-state index contributed by atoms with van der Waals surface area (Å²) < 4.78 is 22.9. The van der Waals surface area contributed by atoms with Gasteiger partial charge in [0.15, 0.2) is 0 Å². The van der Waals surface area contributed by atoms with E-state index in [4.69, 9.17) is 27.9 Å². The Kier molecular flexibility index (Phi) is 6.83. The molecule has 0 radical (unpaired) electrons. The van der Waals surface area contributed by atoms with E-state index in [0.29, 0.717) is 23.6 Å². The van der Waals surface area contributed by atoms with E-state index in [9.17, 15) is 9.59 Å². The number of ether oxygens (including phenoxy) is 1. The van der Waals surface area contributed by atoms with Gasteiger partial charge in [0.25, 0.3) is 0 Å². The van der Waals surface area contributed by atoms with Gasteiger partial charge < -0.3 is 10.1 Å². The Hall–Kier alpha value is -3.71. The Labute approximate surface area is 271 Å². The molecule has 1 amide bonds. The van der Waals surface area contributed by atoms with Crippen molar-refractivity contribution in [3.8, 4) is 0 Å².